The number of nitrogens with zero attached hydrogens (tertiary/aromatic N) is 2. The zero-order valence-corrected chi connectivity index (χ0v) is 17.4. The maximum Gasteiger partial charge on any atom is 0.389 e. The lowest BCUT2D eigenvalue weighted by molar-refractivity contribution is -0.704. The monoisotopic (exact) mass is 496 g/mol. The first kappa shape index (κ1) is 24.1. The maximum atomic E-state index is 13.0. The fraction of sp³-hybridized carbons (Fsp3) is 0.421. The summed E-state index contributed by atoms with van der Waals surface area (Å²) in [7, 11) is 0. The van der Waals surface area contributed by atoms with Crippen LogP contribution in [0.4, 0.5) is 22.0 Å². The number of rotatable bonds is 7. The van der Waals surface area contributed by atoms with Crippen LogP contribution in [0.1, 0.15) is 50.8 Å². The standard InChI is InChI=1S/C19H18F5N2O3.BrH/c1-11-25(8-4-7-19(22,23)24)14-15(26(11)9-10-29-18(20)21)17(28)13-6-3-2-5-12(13)16(14)27;/h2-3,5-6,18H,4,7-10H2,1H3;1H/q+1;/p-1. The van der Waals surface area contributed by atoms with Gasteiger partial charge in [0.2, 0.25) is 23.0 Å². The molecule has 0 saturated heterocycles. The number of imidazole rings is 1. The van der Waals surface area contributed by atoms with E-state index in [1.54, 1.807) is 12.1 Å². The first-order valence-corrected chi connectivity index (χ1v) is 8.89. The summed E-state index contributed by atoms with van der Waals surface area (Å²) in [6.45, 7) is -2.19. The molecule has 1 aromatic carbocycles. The average Bonchev–Trinajstić information content (AvgIpc) is 2.91. The Labute approximate surface area is 179 Å². The topological polar surface area (TPSA) is 52.2 Å². The normalized spacial score (nSPS) is 13.3. The van der Waals surface area contributed by atoms with Crippen molar-refractivity contribution in [1.82, 2.24) is 4.57 Å². The van der Waals surface area contributed by atoms with E-state index in [1.807, 2.05) is 0 Å². The van der Waals surface area contributed by atoms with Crippen LogP contribution < -0.4 is 21.5 Å². The van der Waals surface area contributed by atoms with Gasteiger partial charge in [0.15, 0.2) is 0 Å². The Morgan fingerprint density at radius 1 is 1.10 bits per heavy atom. The Bertz CT molecular complexity index is 956. The molecule has 11 heteroatoms. The Morgan fingerprint density at radius 2 is 1.70 bits per heavy atom. The molecule has 0 N–H and O–H groups in total. The van der Waals surface area contributed by atoms with Crippen molar-refractivity contribution < 1.29 is 57.8 Å². The van der Waals surface area contributed by atoms with Gasteiger partial charge in [0.05, 0.1) is 13.2 Å². The van der Waals surface area contributed by atoms with Crippen LogP contribution in [0, 0.1) is 6.92 Å². The minimum Gasteiger partial charge on any atom is -1.00 e. The molecule has 0 bridgehead atoms. The van der Waals surface area contributed by atoms with Crippen molar-refractivity contribution in [2.45, 2.75) is 45.6 Å². The number of carbonyl (C=O) groups excluding carboxylic acids is 2. The van der Waals surface area contributed by atoms with Crippen molar-refractivity contribution in [3.63, 3.8) is 0 Å². The fourth-order valence-electron chi connectivity index (χ4n) is 3.54. The second kappa shape index (κ2) is 9.34. The molecule has 2 aromatic rings. The van der Waals surface area contributed by atoms with Gasteiger partial charge >= 0.3 is 12.8 Å². The number of hydrogen-bond acceptors (Lipinski definition) is 3. The lowest BCUT2D eigenvalue weighted by Gasteiger charge is -2.13. The molecule has 0 amide bonds. The van der Waals surface area contributed by atoms with E-state index in [0.29, 0.717) is 5.82 Å². The third kappa shape index (κ3) is 4.77. The molecular formula is C19H18BrF5N2O3. The summed E-state index contributed by atoms with van der Waals surface area (Å²) in [6.07, 6.45) is -5.69. The number of halogens is 6. The average molecular weight is 497 g/mol. The van der Waals surface area contributed by atoms with Crippen LogP contribution in [-0.2, 0) is 17.8 Å². The lowest BCUT2D eigenvalue weighted by atomic mass is 9.90. The van der Waals surface area contributed by atoms with Crippen LogP contribution in [0.3, 0.4) is 0 Å². The molecule has 0 atom stereocenters. The molecule has 5 nitrogen and oxygen atoms in total. The van der Waals surface area contributed by atoms with Gasteiger partial charge in [-0.2, -0.15) is 22.0 Å². The third-order valence-corrected chi connectivity index (χ3v) is 4.79. The molecule has 3 rings (SSSR count). The Balaban J connectivity index is 0.00000320. The predicted molar refractivity (Wildman–Crippen MR) is 89.9 cm³/mol. The molecule has 30 heavy (non-hydrogen) atoms. The molecule has 0 unspecified atom stereocenters. The summed E-state index contributed by atoms with van der Waals surface area (Å²) < 4.78 is 69.3. The number of fused-ring (bicyclic) bond motifs is 2. The summed E-state index contributed by atoms with van der Waals surface area (Å²) in [5.74, 6) is -0.645. The number of carbonyl (C=O) groups is 2. The van der Waals surface area contributed by atoms with E-state index in [2.05, 4.69) is 4.74 Å². The number of ether oxygens (including phenoxy) is 1. The van der Waals surface area contributed by atoms with Gasteiger partial charge in [-0.15, -0.1) is 0 Å². The zero-order chi connectivity index (χ0) is 21.3. The minimum atomic E-state index is -4.35. The van der Waals surface area contributed by atoms with E-state index in [0.717, 1.165) is 0 Å². The highest BCUT2D eigenvalue weighted by molar-refractivity contribution is 6.26. The van der Waals surface area contributed by atoms with Crippen LogP contribution in [-0.4, -0.2) is 35.5 Å². The van der Waals surface area contributed by atoms with Crippen molar-refractivity contribution in [1.29, 1.82) is 0 Å². The summed E-state index contributed by atoms with van der Waals surface area (Å²) in [6, 6.07) is 6.13. The molecule has 1 heterocycles. The van der Waals surface area contributed by atoms with Gasteiger partial charge in [0.1, 0.15) is 6.54 Å². The summed E-state index contributed by atoms with van der Waals surface area (Å²) in [4.78, 5) is 26.0. The van der Waals surface area contributed by atoms with Gasteiger partial charge in [-0.1, -0.05) is 24.3 Å². The van der Waals surface area contributed by atoms with Crippen molar-refractivity contribution >= 4 is 11.6 Å². The van der Waals surface area contributed by atoms with E-state index in [1.165, 1.54) is 28.2 Å². The van der Waals surface area contributed by atoms with E-state index < -0.39 is 37.4 Å². The number of alkyl halides is 5. The Morgan fingerprint density at radius 3 is 2.27 bits per heavy atom. The van der Waals surface area contributed by atoms with Crippen LogP contribution in [0.25, 0.3) is 0 Å². The van der Waals surface area contributed by atoms with Gasteiger partial charge in [0, 0.05) is 24.5 Å². The fourth-order valence-corrected chi connectivity index (χ4v) is 3.54. The van der Waals surface area contributed by atoms with Gasteiger partial charge in [-0.25, -0.2) is 9.13 Å². The van der Waals surface area contributed by atoms with Crippen LogP contribution in [0.15, 0.2) is 24.3 Å². The third-order valence-electron chi connectivity index (χ3n) is 4.79. The van der Waals surface area contributed by atoms with Crippen molar-refractivity contribution in [3.05, 3.63) is 52.6 Å². The molecular weight excluding hydrogens is 479 g/mol. The van der Waals surface area contributed by atoms with Gasteiger partial charge in [-0.3, -0.25) is 9.59 Å². The SMILES string of the molecule is Cc1n(CCOC(F)F)c2c([n+]1CCCC(F)(F)F)C(=O)c1ccccc1C2=O.[Br-]. The highest BCUT2D eigenvalue weighted by Crippen LogP contribution is 2.28. The molecule has 0 saturated carbocycles. The maximum absolute atomic E-state index is 13.0. The number of aromatic nitrogens is 2. The number of hydrogen-bond donors (Lipinski definition) is 0. The first-order valence-electron chi connectivity index (χ1n) is 8.89. The van der Waals surface area contributed by atoms with Gasteiger partial charge in [0.25, 0.3) is 5.82 Å². The molecule has 164 valence electrons. The van der Waals surface area contributed by atoms with E-state index >= 15 is 0 Å². The van der Waals surface area contributed by atoms with Crippen molar-refractivity contribution in [3.8, 4) is 0 Å². The summed E-state index contributed by atoms with van der Waals surface area (Å²) in [5, 5.41) is 0. The molecule has 0 fully saturated rings. The molecule has 0 aliphatic heterocycles. The van der Waals surface area contributed by atoms with Crippen LogP contribution >= 0.6 is 0 Å². The Hall–Kier alpha value is -2.14. The zero-order valence-electron chi connectivity index (χ0n) is 15.8. The highest BCUT2D eigenvalue weighted by atomic mass is 79.9. The number of ketones is 2. The quantitative estimate of drug-likeness (QED) is 0.352. The highest BCUT2D eigenvalue weighted by Gasteiger charge is 2.43. The van der Waals surface area contributed by atoms with Crippen LogP contribution in [0.5, 0.6) is 0 Å². The molecule has 1 aromatic heterocycles. The predicted octanol–water partition coefficient (Wildman–Crippen LogP) is 0.445. The van der Waals surface area contributed by atoms with E-state index in [-0.39, 0.29) is 59.0 Å². The smallest absolute Gasteiger partial charge is 0.389 e. The summed E-state index contributed by atoms with van der Waals surface area (Å²) >= 11 is 0. The number of benzene rings is 1. The largest absolute Gasteiger partial charge is 1.00 e. The second-order valence-corrected chi connectivity index (χ2v) is 6.60. The lowest BCUT2D eigenvalue weighted by Crippen LogP contribution is -3.00. The first-order chi connectivity index (χ1) is 13.6. The van der Waals surface area contributed by atoms with Gasteiger partial charge < -0.3 is 21.7 Å². The molecule has 1 aliphatic rings. The minimum absolute atomic E-state index is 0. The van der Waals surface area contributed by atoms with Crippen molar-refractivity contribution in [2.24, 2.45) is 0 Å². The summed E-state index contributed by atoms with van der Waals surface area (Å²) in [5.41, 5.74) is 0.290. The van der Waals surface area contributed by atoms with E-state index in [4.69, 9.17) is 0 Å². The molecule has 0 spiro atoms. The van der Waals surface area contributed by atoms with E-state index in [9.17, 15) is 31.5 Å². The Kier molecular flexibility index (Phi) is 7.51. The molecule has 1 aliphatic carbocycles. The molecule has 0 radical (unpaired) electrons. The second-order valence-electron chi connectivity index (χ2n) is 6.60. The van der Waals surface area contributed by atoms with Gasteiger partial charge in [-0.05, 0) is 6.42 Å². The van der Waals surface area contributed by atoms with Crippen molar-refractivity contribution in [2.75, 3.05) is 6.61 Å². The van der Waals surface area contributed by atoms with Crippen LogP contribution in [0.2, 0.25) is 0 Å².